The molecule has 2 rings (SSSR count). The van der Waals surface area contributed by atoms with Gasteiger partial charge in [-0.1, -0.05) is 25.5 Å². The van der Waals surface area contributed by atoms with Gasteiger partial charge in [0.1, 0.15) is 0 Å². The molecule has 0 atom stereocenters. The molecule has 1 aromatic heterocycles. The van der Waals surface area contributed by atoms with E-state index in [0.717, 1.165) is 47.0 Å². The molecule has 0 fully saturated rings. The van der Waals surface area contributed by atoms with Crippen LogP contribution in [0.4, 0.5) is 0 Å². The second-order valence-electron chi connectivity index (χ2n) is 4.66. The van der Waals surface area contributed by atoms with E-state index in [9.17, 15) is 4.79 Å². The number of hydrogen-bond acceptors (Lipinski definition) is 1. The number of para-hydroxylation sites is 1. The van der Waals surface area contributed by atoms with Crippen LogP contribution in [0.25, 0.3) is 10.9 Å². The number of hydrogen-bond donors (Lipinski definition) is 1. The predicted octanol–water partition coefficient (Wildman–Crippen LogP) is 3.49. The molecule has 0 saturated heterocycles. The minimum absolute atomic E-state index is 0.202. The molecule has 0 spiro atoms. The average Bonchev–Trinajstić information content (AvgIpc) is 2.31. The van der Waals surface area contributed by atoms with Gasteiger partial charge in [0.15, 0.2) is 5.43 Å². The number of pyridine rings is 1. The van der Waals surface area contributed by atoms with Gasteiger partial charge in [0.2, 0.25) is 0 Å². The van der Waals surface area contributed by atoms with Crippen LogP contribution < -0.4 is 5.43 Å². The molecular formula is C15H19NO. The fourth-order valence-electron chi connectivity index (χ4n) is 2.27. The van der Waals surface area contributed by atoms with Crippen molar-refractivity contribution in [1.29, 1.82) is 0 Å². The zero-order valence-corrected chi connectivity index (χ0v) is 10.8. The summed E-state index contributed by atoms with van der Waals surface area (Å²) in [6.45, 7) is 6.18. The molecule has 2 nitrogen and oxygen atoms in total. The Labute approximate surface area is 102 Å². The number of H-pyrrole nitrogens is 1. The highest BCUT2D eigenvalue weighted by Crippen LogP contribution is 2.16. The van der Waals surface area contributed by atoms with Crippen molar-refractivity contribution in [3.8, 4) is 0 Å². The van der Waals surface area contributed by atoms with Crippen LogP contribution in [0.5, 0.6) is 0 Å². The van der Waals surface area contributed by atoms with Gasteiger partial charge in [-0.05, 0) is 38.3 Å². The summed E-state index contributed by atoms with van der Waals surface area (Å²) in [5.74, 6) is 0. The summed E-state index contributed by atoms with van der Waals surface area (Å²) in [6, 6.07) is 5.89. The Hall–Kier alpha value is -1.57. The molecule has 0 aliphatic rings. The average molecular weight is 229 g/mol. The maximum atomic E-state index is 12.4. The molecule has 1 aromatic carbocycles. The third-order valence-corrected chi connectivity index (χ3v) is 3.34. The zero-order valence-electron chi connectivity index (χ0n) is 10.8. The van der Waals surface area contributed by atoms with Gasteiger partial charge < -0.3 is 4.98 Å². The minimum atomic E-state index is 0.202. The number of fused-ring (bicyclic) bond motifs is 1. The van der Waals surface area contributed by atoms with Crippen molar-refractivity contribution in [2.45, 2.75) is 40.0 Å². The Kier molecular flexibility index (Phi) is 3.32. The van der Waals surface area contributed by atoms with Crippen LogP contribution in [0.1, 0.15) is 36.6 Å². The molecule has 90 valence electrons. The van der Waals surface area contributed by atoms with Crippen molar-refractivity contribution in [2.75, 3.05) is 0 Å². The standard InChI is InChI=1S/C15H19NO/c1-4-5-8-12-11(3)16-14-10(2)7-6-9-13(14)15(12)17/h6-7,9H,4-5,8H2,1-3H3,(H,16,17). The van der Waals surface area contributed by atoms with E-state index in [1.54, 1.807) is 0 Å². The first-order valence-electron chi connectivity index (χ1n) is 6.26. The monoisotopic (exact) mass is 229 g/mol. The van der Waals surface area contributed by atoms with Gasteiger partial charge in [-0.3, -0.25) is 4.79 Å². The normalized spacial score (nSPS) is 11.0. The van der Waals surface area contributed by atoms with Crippen molar-refractivity contribution in [1.82, 2.24) is 4.98 Å². The van der Waals surface area contributed by atoms with Crippen molar-refractivity contribution in [3.63, 3.8) is 0 Å². The molecule has 1 N–H and O–H groups in total. The Bertz CT molecular complexity index is 596. The Morgan fingerprint density at radius 3 is 2.71 bits per heavy atom. The zero-order chi connectivity index (χ0) is 12.4. The first-order valence-corrected chi connectivity index (χ1v) is 6.26. The summed E-state index contributed by atoms with van der Waals surface area (Å²) in [4.78, 5) is 15.8. The maximum absolute atomic E-state index is 12.4. The molecule has 2 heteroatoms. The molecule has 0 saturated carbocycles. The van der Waals surface area contributed by atoms with E-state index in [2.05, 4.69) is 11.9 Å². The lowest BCUT2D eigenvalue weighted by Gasteiger charge is -2.09. The quantitative estimate of drug-likeness (QED) is 0.858. The maximum Gasteiger partial charge on any atom is 0.192 e. The third-order valence-electron chi connectivity index (χ3n) is 3.34. The topological polar surface area (TPSA) is 32.9 Å². The van der Waals surface area contributed by atoms with E-state index in [1.807, 2.05) is 32.0 Å². The number of aromatic nitrogens is 1. The largest absolute Gasteiger partial charge is 0.358 e. The van der Waals surface area contributed by atoms with Gasteiger partial charge in [0, 0.05) is 16.6 Å². The molecule has 0 aliphatic carbocycles. The minimum Gasteiger partial charge on any atom is -0.358 e. The van der Waals surface area contributed by atoms with Gasteiger partial charge in [-0.2, -0.15) is 0 Å². The summed E-state index contributed by atoms with van der Waals surface area (Å²) in [7, 11) is 0. The van der Waals surface area contributed by atoms with E-state index in [-0.39, 0.29) is 5.43 Å². The van der Waals surface area contributed by atoms with E-state index >= 15 is 0 Å². The van der Waals surface area contributed by atoms with Gasteiger partial charge >= 0.3 is 0 Å². The lowest BCUT2D eigenvalue weighted by atomic mass is 10.0. The van der Waals surface area contributed by atoms with Gasteiger partial charge in [0.25, 0.3) is 0 Å². The van der Waals surface area contributed by atoms with Crippen LogP contribution in [-0.4, -0.2) is 4.98 Å². The molecule has 0 amide bonds. The lowest BCUT2D eigenvalue weighted by Crippen LogP contribution is -2.13. The van der Waals surface area contributed by atoms with E-state index < -0.39 is 0 Å². The number of aromatic amines is 1. The fourth-order valence-corrected chi connectivity index (χ4v) is 2.27. The van der Waals surface area contributed by atoms with Crippen molar-refractivity contribution >= 4 is 10.9 Å². The first kappa shape index (κ1) is 11.9. The number of unbranched alkanes of at least 4 members (excludes halogenated alkanes) is 1. The summed E-state index contributed by atoms with van der Waals surface area (Å²) in [6.07, 6.45) is 3.06. The van der Waals surface area contributed by atoms with Crippen LogP contribution >= 0.6 is 0 Å². The molecule has 17 heavy (non-hydrogen) atoms. The summed E-state index contributed by atoms with van der Waals surface area (Å²) >= 11 is 0. The lowest BCUT2D eigenvalue weighted by molar-refractivity contribution is 0.784. The smallest absolute Gasteiger partial charge is 0.192 e. The molecule has 2 aromatic rings. The van der Waals surface area contributed by atoms with E-state index in [0.29, 0.717) is 0 Å². The van der Waals surface area contributed by atoms with E-state index in [1.165, 1.54) is 0 Å². The van der Waals surface area contributed by atoms with Crippen LogP contribution in [0.15, 0.2) is 23.0 Å². The molecule has 0 aliphatic heterocycles. The fraction of sp³-hybridized carbons (Fsp3) is 0.400. The highest BCUT2D eigenvalue weighted by molar-refractivity contribution is 5.82. The van der Waals surface area contributed by atoms with Gasteiger partial charge in [-0.15, -0.1) is 0 Å². The second kappa shape index (κ2) is 4.74. The first-order chi connectivity index (χ1) is 8.15. The third kappa shape index (κ3) is 2.12. The van der Waals surface area contributed by atoms with Crippen LogP contribution in [0.3, 0.4) is 0 Å². The summed E-state index contributed by atoms with van der Waals surface area (Å²) in [5.41, 5.74) is 4.28. The van der Waals surface area contributed by atoms with Crippen molar-refractivity contribution < 1.29 is 0 Å². The van der Waals surface area contributed by atoms with Crippen LogP contribution in [0, 0.1) is 13.8 Å². The van der Waals surface area contributed by atoms with E-state index in [4.69, 9.17) is 0 Å². The molecule has 1 heterocycles. The highest BCUT2D eigenvalue weighted by atomic mass is 16.1. The van der Waals surface area contributed by atoms with Gasteiger partial charge in [-0.25, -0.2) is 0 Å². The molecule has 0 bridgehead atoms. The Morgan fingerprint density at radius 2 is 2.00 bits per heavy atom. The molecular weight excluding hydrogens is 210 g/mol. The van der Waals surface area contributed by atoms with Crippen molar-refractivity contribution in [3.05, 3.63) is 45.2 Å². The SMILES string of the molecule is CCCCc1c(C)[nH]c2c(C)cccc2c1=O. The Morgan fingerprint density at radius 1 is 1.24 bits per heavy atom. The number of benzene rings is 1. The van der Waals surface area contributed by atoms with Crippen LogP contribution in [-0.2, 0) is 6.42 Å². The number of nitrogens with one attached hydrogen (secondary N) is 1. The van der Waals surface area contributed by atoms with Gasteiger partial charge in [0.05, 0.1) is 5.52 Å². The Balaban J connectivity index is 2.68. The van der Waals surface area contributed by atoms with Crippen LogP contribution in [0.2, 0.25) is 0 Å². The molecule has 0 unspecified atom stereocenters. The number of rotatable bonds is 3. The number of aryl methyl sites for hydroxylation is 2. The molecule has 0 radical (unpaired) electrons. The second-order valence-corrected chi connectivity index (χ2v) is 4.66. The highest BCUT2D eigenvalue weighted by Gasteiger charge is 2.09. The van der Waals surface area contributed by atoms with Crippen molar-refractivity contribution in [2.24, 2.45) is 0 Å². The summed E-state index contributed by atoms with van der Waals surface area (Å²) in [5, 5.41) is 0.821. The predicted molar refractivity (Wildman–Crippen MR) is 72.7 cm³/mol. The summed E-state index contributed by atoms with van der Waals surface area (Å²) < 4.78 is 0.